The van der Waals surface area contributed by atoms with Crippen LogP contribution < -0.4 is 5.14 Å². The van der Waals surface area contributed by atoms with Gasteiger partial charge in [-0.25, -0.2) is 23.4 Å². The molecule has 148 valence electrons. The Morgan fingerprint density at radius 3 is 2.64 bits per heavy atom. The second-order valence-corrected chi connectivity index (χ2v) is 7.76. The Hall–Kier alpha value is -2.42. The maximum Gasteiger partial charge on any atom is 0.179 e. The van der Waals surface area contributed by atoms with Crippen molar-refractivity contribution >= 4 is 11.0 Å². The van der Waals surface area contributed by atoms with Gasteiger partial charge in [0.2, 0.25) is 0 Å². The van der Waals surface area contributed by atoms with Gasteiger partial charge < -0.3 is 4.74 Å². The van der Waals surface area contributed by atoms with Crippen LogP contribution in [0.1, 0.15) is 41.4 Å². The van der Waals surface area contributed by atoms with Crippen LogP contribution in [-0.4, -0.2) is 26.1 Å². The minimum atomic E-state index is -1.76. The molecule has 0 amide bonds. The van der Waals surface area contributed by atoms with Gasteiger partial charge in [0.1, 0.15) is 34.4 Å². The first kappa shape index (κ1) is 20.3. The summed E-state index contributed by atoms with van der Waals surface area (Å²) in [5.74, 6) is 0.488. The Morgan fingerprint density at radius 1 is 1.25 bits per heavy atom. The van der Waals surface area contributed by atoms with Gasteiger partial charge in [0, 0.05) is 13.5 Å². The number of hydrogen-bond donors (Lipinski definition) is 1. The molecule has 3 aromatic rings. The second kappa shape index (κ2) is 8.30. The van der Waals surface area contributed by atoms with Crippen molar-refractivity contribution in [2.75, 3.05) is 7.11 Å². The number of nitrogens with zero attached hydrogens (tertiary/aromatic N) is 3. The van der Waals surface area contributed by atoms with E-state index in [9.17, 15) is 8.60 Å². The SMILES string of the molecule is COC(C)c1nc(Cc2cc(C)ccc2C)n(-c2ccc(S(N)=O)cc2F)n1. The lowest BCUT2D eigenvalue weighted by atomic mass is 10.0. The Labute approximate surface area is 166 Å². The fourth-order valence-electron chi connectivity index (χ4n) is 2.89. The molecule has 0 bridgehead atoms. The van der Waals surface area contributed by atoms with Gasteiger partial charge in [0.05, 0.1) is 4.90 Å². The third-order valence-electron chi connectivity index (χ3n) is 4.64. The maximum absolute atomic E-state index is 14.7. The van der Waals surface area contributed by atoms with Crippen LogP contribution in [0.15, 0.2) is 41.3 Å². The number of nitrogens with two attached hydrogens (primary N) is 1. The van der Waals surface area contributed by atoms with Gasteiger partial charge in [0.15, 0.2) is 5.82 Å². The third-order valence-corrected chi connectivity index (χ3v) is 5.36. The number of hydrogen-bond acceptors (Lipinski definition) is 4. The predicted molar refractivity (Wildman–Crippen MR) is 106 cm³/mol. The van der Waals surface area contributed by atoms with E-state index >= 15 is 0 Å². The molecule has 6 nitrogen and oxygen atoms in total. The Kier molecular flexibility index (Phi) is 6.02. The monoisotopic (exact) mass is 402 g/mol. The number of benzene rings is 2. The highest BCUT2D eigenvalue weighted by Gasteiger charge is 2.20. The van der Waals surface area contributed by atoms with Crippen molar-refractivity contribution in [3.8, 4) is 5.69 Å². The van der Waals surface area contributed by atoms with Gasteiger partial charge in [0.25, 0.3) is 0 Å². The van der Waals surface area contributed by atoms with Crippen LogP contribution in [0.25, 0.3) is 5.69 Å². The van der Waals surface area contributed by atoms with Gasteiger partial charge in [-0.2, -0.15) is 0 Å². The highest BCUT2D eigenvalue weighted by molar-refractivity contribution is 7.82. The Balaban J connectivity index is 2.11. The first-order valence-corrected chi connectivity index (χ1v) is 10.0. The molecule has 0 aliphatic rings. The van der Waals surface area contributed by atoms with E-state index in [4.69, 9.17) is 9.88 Å². The highest BCUT2D eigenvalue weighted by Crippen LogP contribution is 2.23. The lowest BCUT2D eigenvalue weighted by Crippen LogP contribution is -2.09. The van der Waals surface area contributed by atoms with Crippen LogP contribution in [0.4, 0.5) is 4.39 Å². The molecule has 28 heavy (non-hydrogen) atoms. The first-order valence-electron chi connectivity index (χ1n) is 8.81. The molecule has 2 unspecified atom stereocenters. The lowest BCUT2D eigenvalue weighted by molar-refractivity contribution is 0.112. The molecule has 2 aromatic carbocycles. The smallest absolute Gasteiger partial charge is 0.179 e. The summed E-state index contributed by atoms with van der Waals surface area (Å²) in [6.07, 6.45) is 0.151. The third kappa shape index (κ3) is 4.19. The van der Waals surface area contributed by atoms with Crippen LogP contribution in [0.5, 0.6) is 0 Å². The van der Waals surface area contributed by atoms with Crippen LogP contribution in [0.3, 0.4) is 0 Å². The molecule has 0 saturated heterocycles. The van der Waals surface area contributed by atoms with Crippen molar-refractivity contribution in [2.24, 2.45) is 5.14 Å². The van der Waals surface area contributed by atoms with E-state index in [0.717, 1.165) is 22.8 Å². The average Bonchev–Trinajstić information content (AvgIpc) is 3.07. The highest BCUT2D eigenvalue weighted by atomic mass is 32.2. The van der Waals surface area contributed by atoms with Crippen LogP contribution >= 0.6 is 0 Å². The van der Waals surface area contributed by atoms with Gasteiger partial charge in [-0.05, 0) is 50.1 Å². The van der Waals surface area contributed by atoms with Crippen LogP contribution in [0.2, 0.25) is 0 Å². The zero-order valence-electron chi connectivity index (χ0n) is 16.3. The molecule has 0 aliphatic carbocycles. The zero-order chi connectivity index (χ0) is 20.4. The standard InChI is InChI=1S/C20H23FN4O2S/c1-12-5-6-13(2)15(9-12)10-19-23-20(14(3)27-4)24-25(19)18-8-7-16(28(22)26)11-17(18)21/h5-9,11,14H,10,22H2,1-4H3. The lowest BCUT2D eigenvalue weighted by Gasteiger charge is -2.10. The largest absolute Gasteiger partial charge is 0.374 e. The van der Waals surface area contributed by atoms with Crippen LogP contribution in [-0.2, 0) is 22.1 Å². The molecule has 3 rings (SSSR count). The minimum absolute atomic E-state index is 0.211. The fourth-order valence-corrected chi connectivity index (χ4v) is 3.31. The zero-order valence-corrected chi connectivity index (χ0v) is 17.1. The van der Waals surface area contributed by atoms with E-state index in [-0.39, 0.29) is 16.7 Å². The molecule has 2 N–H and O–H groups in total. The van der Waals surface area contributed by atoms with Gasteiger partial charge in [-0.3, -0.25) is 0 Å². The summed E-state index contributed by atoms with van der Waals surface area (Å²) in [6, 6.07) is 10.4. The minimum Gasteiger partial charge on any atom is -0.374 e. The quantitative estimate of drug-likeness (QED) is 0.686. The molecule has 2 atom stereocenters. The summed E-state index contributed by atoms with van der Waals surface area (Å²) in [4.78, 5) is 4.81. The number of rotatable bonds is 6. The van der Waals surface area contributed by atoms with Gasteiger partial charge >= 0.3 is 0 Å². The number of aryl methyl sites for hydroxylation is 2. The Morgan fingerprint density at radius 2 is 2.00 bits per heavy atom. The fraction of sp³-hybridized carbons (Fsp3) is 0.300. The summed E-state index contributed by atoms with van der Waals surface area (Å²) in [7, 11) is -0.184. The molecule has 0 radical (unpaired) electrons. The molecular formula is C20H23FN4O2S. The van der Waals surface area contributed by atoms with Crippen molar-refractivity contribution in [2.45, 2.75) is 38.2 Å². The van der Waals surface area contributed by atoms with Gasteiger partial charge in [-0.15, -0.1) is 5.10 Å². The predicted octanol–water partition coefficient (Wildman–Crippen LogP) is 3.30. The van der Waals surface area contributed by atoms with Gasteiger partial charge in [-0.1, -0.05) is 23.8 Å². The number of methoxy groups -OCH3 is 1. The maximum atomic E-state index is 14.7. The van der Waals surface area contributed by atoms with E-state index in [0.29, 0.717) is 18.1 Å². The van der Waals surface area contributed by atoms with E-state index < -0.39 is 16.8 Å². The van der Waals surface area contributed by atoms with Crippen molar-refractivity contribution in [3.05, 3.63) is 70.6 Å². The molecule has 0 fully saturated rings. The number of halogens is 1. The average molecular weight is 402 g/mol. The molecule has 1 heterocycles. The summed E-state index contributed by atoms with van der Waals surface area (Å²) < 4.78 is 33.0. The molecule has 0 spiro atoms. The molecule has 1 aromatic heterocycles. The first-order chi connectivity index (χ1) is 13.3. The molecule has 0 saturated carbocycles. The summed E-state index contributed by atoms with van der Waals surface area (Å²) >= 11 is 0. The number of ether oxygens (including phenoxy) is 1. The van der Waals surface area contributed by atoms with Crippen molar-refractivity contribution < 1.29 is 13.3 Å². The number of aromatic nitrogens is 3. The molecule has 0 aliphatic heterocycles. The van der Waals surface area contributed by atoms with E-state index in [1.807, 2.05) is 26.8 Å². The summed E-state index contributed by atoms with van der Waals surface area (Å²) in [6.45, 7) is 5.88. The topological polar surface area (TPSA) is 83.0 Å². The second-order valence-electron chi connectivity index (χ2n) is 6.69. The van der Waals surface area contributed by atoms with E-state index in [1.54, 1.807) is 7.11 Å². The van der Waals surface area contributed by atoms with E-state index in [2.05, 4.69) is 22.2 Å². The van der Waals surface area contributed by atoms with E-state index in [1.165, 1.54) is 16.8 Å². The van der Waals surface area contributed by atoms with Crippen molar-refractivity contribution in [1.29, 1.82) is 0 Å². The van der Waals surface area contributed by atoms with Crippen LogP contribution in [0, 0.1) is 19.7 Å². The Bertz CT molecular complexity index is 1040. The van der Waals surface area contributed by atoms with Crippen molar-refractivity contribution in [3.63, 3.8) is 0 Å². The summed E-state index contributed by atoms with van der Waals surface area (Å²) in [5.41, 5.74) is 3.57. The normalized spacial score (nSPS) is 13.5. The molecular weight excluding hydrogens is 379 g/mol. The van der Waals surface area contributed by atoms with Crippen molar-refractivity contribution in [1.82, 2.24) is 14.8 Å². The molecule has 8 heteroatoms. The summed E-state index contributed by atoms with van der Waals surface area (Å²) in [5, 5.41) is 9.82.